The lowest BCUT2D eigenvalue weighted by Crippen LogP contribution is -2.52. The molecule has 4 unspecified atom stereocenters. The topological polar surface area (TPSA) is 77.5 Å². The second-order valence-electron chi connectivity index (χ2n) is 6.00. The maximum absolute atomic E-state index is 12.7. The molecule has 4 atom stereocenters. The van der Waals surface area contributed by atoms with Crippen molar-refractivity contribution in [1.82, 2.24) is 0 Å². The Kier molecular flexibility index (Phi) is 12.7. The van der Waals surface area contributed by atoms with Gasteiger partial charge in [0.2, 0.25) is 19.2 Å². The van der Waals surface area contributed by atoms with Gasteiger partial charge in [0.05, 0.1) is 11.8 Å². The summed E-state index contributed by atoms with van der Waals surface area (Å²) in [7, 11) is 0. The van der Waals surface area contributed by atoms with E-state index in [0.717, 1.165) is 13.8 Å². The number of halogens is 12. The van der Waals surface area contributed by atoms with E-state index in [9.17, 15) is 19.2 Å². The average molecular weight is 684 g/mol. The van der Waals surface area contributed by atoms with Gasteiger partial charge in [-0.15, -0.1) is 0 Å². The molecule has 0 aliphatic heterocycles. The Labute approximate surface area is 237 Å². The van der Waals surface area contributed by atoms with Gasteiger partial charge in [0.25, 0.3) is 7.59 Å². The van der Waals surface area contributed by atoms with Gasteiger partial charge in [0, 0.05) is 0 Å². The molecular weight excluding hydrogens is 674 g/mol. The van der Waals surface area contributed by atoms with Gasteiger partial charge in [0.15, 0.2) is 11.6 Å². The molecule has 0 aliphatic rings. The van der Waals surface area contributed by atoms with E-state index in [1.807, 2.05) is 0 Å². The molecule has 0 saturated heterocycles. The van der Waals surface area contributed by atoms with E-state index in [-0.39, 0.29) is 0 Å². The summed E-state index contributed by atoms with van der Waals surface area (Å²) in [5.74, 6) is -8.32. The van der Waals surface area contributed by atoms with Crippen LogP contribution < -0.4 is 0 Å². The summed E-state index contributed by atoms with van der Waals surface area (Å²) in [6.07, 6.45) is -4.13. The van der Waals surface area contributed by atoms with Crippen LogP contribution in [-0.2, 0) is 23.9 Å². The predicted octanol–water partition coefficient (Wildman–Crippen LogP) is 6.77. The van der Waals surface area contributed by atoms with Crippen molar-refractivity contribution in [3.63, 3.8) is 0 Å². The number of carbonyl (C=O) groups excluding carboxylic acids is 4. The molecule has 5 nitrogen and oxygen atoms in total. The third-order valence-electron chi connectivity index (χ3n) is 3.66. The SMILES string of the molecule is CC(C(=O)C(Cl)(Cl)Cl)C(OC(C(=O)C(Cl)(Cl)Cl)C(C)C(=O)C(Cl)(Cl)Cl)C(=O)C(Cl)(Cl)Cl. The van der Waals surface area contributed by atoms with Crippen molar-refractivity contribution in [2.45, 2.75) is 41.2 Å². The number of hydrogen-bond acceptors (Lipinski definition) is 5. The minimum atomic E-state index is -2.66. The summed E-state index contributed by atoms with van der Waals surface area (Å²) in [6.45, 7) is 2.14. The fourth-order valence-electron chi connectivity index (χ4n) is 2.09. The Morgan fingerprint density at radius 1 is 0.484 bits per heavy atom. The largest absolute Gasteiger partial charge is 0.358 e. The molecule has 0 bridgehead atoms. The first-order valence-corrected chi connectivity index (χ1v) is 12.1. The number of ketones is 4. The molecule has 180 valence electrons. The first-order chi connectivity index (χ1) is 13.4. The second kappa shape index (κ2) is 11.9. The molecule has 0 aliphatic carbocycles. The molecule has 0 aromatic carbocycles. The quantitative estimate of drug-likeness (QED) is 0.264. The van der Waals surface area contributed by atoms with Crippen molar-refractivity contribution in [1.29, 1.82) is 0 Å². The summed E-state index contributed by atoms with van der Waals surface area (Å²) < 4.78 is -4.99. The maximum atomic E-state index is 12.7. The molecule has 0 aromatic heterocycles. The molecule has 0 rings (SSSR count). The van der Waals surface area contributed by atoms with E-state index in [1.165, 1.54) is 0 Å². The fraction of sp³-hybridized carbons (Fsp3) is 0.714. The van der Waals surface area contributed by atoms with Gasteiger partial charge in [0.1, 0.15) is 12.2 Å². The Bertz CT molecular complexity index is 655. The summed E-state index contributed by atoms with van der Waals surface area (Å²) in [5, 5.41) is 0. The van der Waals surface area contributed by atoms with Crippen molar-refractivity contribution >= 4 is 162 Å². The summed E-state index contributed by atoms with van der Waals surface area (Å²) >= 11 is 67.0. The van der Waals surface area contributed by atoms with Crippen molar-refractivity contribution in [3.8, 4) is 0 Å². The molecule has 17 heteroatoms. The lowest BCUT2D eigenvalue weighted by atomic mass is 9.93. The van der Waals surface area contributed by atoms with Gasteiger partial charge < -0.3 is 4.74 Å². The number of carbonyl (C=O) groups is 4. The van der Waals surface area contributed by atoms with Gasteiger partial charge >= 0.3 is 0 Å². The monoisotopic (exact) mass is 678 g/mol. The van der Waals surface area contributed by atoms with Crippen LogP contribution in [0, 0.1) is 11.8 Å². The van der Waals surface area contributed by atoms with Crippen molar-refractivity contribution in [2.24, 2.45) is 11.8 Å². The molecule has 0 aromatic rings. The zero-order chi connectivity index (χ0) is 25.3. The van der Waals surface area contributed by atoms with Gasteiger partial charge in [-0.3, -0.25) is 19.2 Å². The van der Waals surface area contributed by atoms with E-state index in [4.69, 9.17) is 144 Å². The van der Waals surface area contributed by atoms with Gasteiger partial charge in [-0.1, -0.05) is 153 Å². The molecule has 0 fully saturated rings. The molecule has 0 radical (unpaired) electrons. The van der Waals surface area contributed by atoms with Crippen molar-refractivity contribution in [3.05, 3.63) is 0 Å². The molecule has 0 spiro atoms. The molecule has 0 amide bonds. The normalized spacial score (nSPS) is 17.5. The minimum absolute atomic E-state index is 1.07. The van der Waals surface area contributed by atoms with Crippen LogP contribution in [0.2, 0.25) is 0 Å². The molecule has 0 N–H and O–H groups in total. The summed E-state index contributed by atoms with van der Waals surface area (Å²) in [5.41, 5.74) is 0. The van der Waals surface area contributed by atoms with E-state index < -0.39 is 62.3 Å². The number of ether oxygens (including phenoxy) is 1. The van der Waals surface area contributed by atoms with Crippen LogP contribution in [0.3, 0.4) is 0 Å². The minimum Gasteiger partial charge on any atom is -0.358 e. The zero-order valence-corrected chi connectivity index (χ0v) is 24.0. The molecule has 0 saturated carbocycles. The third kappa shape index (κ3) is 9.95. The van der Waals surface area contributed by atoms with E-state index >= 15 is 0 Å². The van der Waals surface area contributed by atoms with Crippen LogP contribution in [0.25, 0.3) is 0 Å². The number of rotatable bonds is 8. The lowest BCUT2D eigenvalue weighted by Gasteiger charge is -2.33. The standard InChI is InChI=1S/C14H10Cl12O5/c1-3(7(27)11(15,16)17)5(9(29)13(21,22)23)31-6(10(30)14(24,25)26)4(2)8(28)12(18,19)20/h3-6H,1-2H3. The van der Waals surface area contributed by atoms with Gasteiger partial charge in [-0.2, -0.15) is 0 Å². The summed E-state index contributed by atoms with van der Waals surface area (Å²) in [4.78, 5) is 50.1. The van der Waals surface area contributed by atoms with Crippen molar-refractivity contribution in [2.75, 3.05) is 0 Å². The number of hydrogen-bond donors (Lipinski definition) is 0. The Balaban J connectivity index is 6.50. The van der Waals surface area contributed by atoms with Crippen LogP contribution in [0.15, 0.2) is 0 Å². The number of Topliss-reactive ketones (excluding diaryl/α,β-unsaturated/α-hetero) is 4. The van der Waals surface area contributed by atoms with E-state index in [0.29, 0.717) is 0 Å². The average Bonchev–Trinajstić information content (AvgIpc) is 2.55. The highest BCUT2D eigenvalue weighted by atomic mass is 35.6. The first kappa shape index (κ1) is 33.1. The molecule has 0 heterocycles. The van der Waals surface area contributed by atoms with Gasteiger partial charge in [-0.05, 0) is 0 Å². The van der Waals surface area contributed by atoms with Crippen LogP contribution in [0.1, 0.15) is 13.8 Å². The maximum Gasteiger partial charge on any atom is 0.251 e. The zero-order valence-electron chi connectivity index (χ0n) is 14.9. The third-order valence-corrected chi connectivity index (χ3v) is 5.90. The lowest BCUT2D eigenvalue weighted by molar-refractivity contribution is -0.157. The predicted molar refractivity (Wildman–Crippen MR) is 128 cm³/mol. The van der Waals surface area contributed by atoms with E-state index in [2.05, 4.69) is 0 Å². The van der Waals surface area contributed by atoms with Crippen LogP contribution >= 0.6 is 139 Å². The highest BCUT2D eigenvalue weighted by Crippen LogP contribution is 2.40. The highest BCUT2D eigenvalue weighted by Gasteiger charge is 2.52. The van der Waals surface area contributed by atoms with Gasteiger partial charge in [-0.25, -0.2) is 0 Å². The molecule has 31 heavy (non-hydrogen) atoms. The van der Waals surface area contributed by atoms with E-state index in [1.54, 1.807) is 0 Å². The summed E-state index contributed by atoms with van der Waals surface area (Å²) in [6, 6.07) is 0. The fourth-order valence-corrected chi connectivity index (χ4v) is 3.76. The number of alkyl halides is 12. The van der Waals surface area contributed by atoms with Crippen LogP contribution in [0.5, 0.6) is 0 Å². The Morgan fingerprint density at radius 2 is 0.677 bits per heavy atom. The smallest absolute Gasteiger partial charge is 0.251 e. The van der Waals surface area contributed by atoms with Crippen molar-refractivity contribution < 1.29 is 23.9 Å². The molecular formula is C14H10Cl12O5. The Morgan fingerprint density at radius 3 is 0.839 bits per heavy atom. The van der Waals surface area contributed by atoms with Crippen LogP contribution in [-0.4, -0.2) is 50.5 Å². The second-order valence-corrected chi connectivity index (χ2v) is 15.1. The first-order valence-electron chi connectivity index (χ1n) is 7.53. The Hall–Kier alpha value is 2.12. The highest BCUT2D eigenvalue weighted by molar-refractivity contribution is 6.79. The van der Waals surface area contributed by atoms with Crippen LogP contribution in [0.4, 0.5) is 0 Å².